The van der Waals surface area contributed by atoms with Crippen LogP contribution in [0.4, 0.5) is 0 Å². The molecule has 0 atom stereocenters. The summed E-state index contributed by atoms with van der Waals surface area (Å²) >= 11 is 0. The Morgan fingerprint density at radius 2 is 0.871 bits per heavy atom. The number of hydrogen-bond donors (Lipinski definition) is 0. The Bertz CT molecular complexity index is 3310. The van der Waals surface area contributed by atoms with Gasteiger partial charge in [0.1, 0.15) is 0 Å². The Balaban J connectivity index is 1.04. The molecule has 0 spiro atoms. The molecule has 1 heterocycles. The van der Waals surface area contributed by atoms with Crippen molar-refractivity contribution in [3.05, 3.63) is 252 Å². The first kappa shape index (κ1) is 36.2. The minimum Gasteiger partial charge on any atom is -0.228 e. The van der Waals surface area contributed by atoms with Crippen LogP contribution in [-0.2, 0) is 10.8 Å². The predicted molar refractivity (Wildman–Crippen MR) is 256 cm³/mol. The summed E-state index contributed by atoms with van der Waals surface area (Å²) in [6.45, 7) is 4.72. The van der Waals surface area contributed by atoms with Gasteiger partial charge in [0.2, 0.25) is 0 Å². The third-order valence-corrected chi connectivity index (χ3v) is 13.6. The zero-order chi connectivity index (χ0) is 41.4. The van der Waals surface area contributed by atoms with Crippen LogP contribution in [0.25, 0.3) is 78.1 Å². The van der Waals surface area contributed by atoms with E-state index in [1.807, 2.05) is 6.07 Å². The summed E-state index contributed by atoms with van der Waals surface area (Å²) in [4.78, 5) is 10.8. The van der Waals surface area contributed by atoms with Crippen molar-refractivity contribution < 1.29 is 0 Å². The molecule has 0 amide bonds. The van der Waals surface area contributed by atoms with Gasteiger partial charge in [-0.3, -0.25) is 0 Å². The fraction of sp³-hybridized carbons (Fsp3) is 0.0667. The maximum Gasteiger partial charge on any atom is 0.160 e. The van der Waals surface area contributed by atoms with Crippen molar-refractivity contribution in [3.8, 4) is 67.3 Å². The van der Waals surface area contributed by atoms with Crippen LogP contribution in [-0.4, -0.2) is 9.97 Å². The summed E-state index contributed by atoms with van der Waals surface area (Å²) in [6, 6.07) is 79.6. The van der Waals surface area contributed by atoms with E-state index >= 15 is 0 Å². The molecule has 0 aliphatic heterocycles. The summed E-state index contributed by atoms with van der Waals surface area (Å²) < 4.78 is 0. The molecule has 0 saturated carbocycles. The van der Waals surface area contributed by atoms with Crippen LogP contribution in [0.3, 0.4) is 0 Å². The number of nitrogens with zero attached hydrogens (tertiary/aromatic N) is 2. The van der Waals surface area contributed by atoms with E-state index in [0.717, 1.165) is 28.1 Å². The van der Waals surface area contributed by atoms with Crippen molar-refractivity contribution in [2.75, 3.05) is 0 Å². The second-order valence-corrected chi connectivity index (χ2v) is 17.3. The summed E-state index contributed by atoms with van der Waals surface area (Å²) in [5, 5.41) is 2.56. The lowest BCUT2D eigenvalue weighted by molar-refractivity contribution is 0.661. The van der Waals surface area contributed by atoms with Crippen molar-refractivity contribution in [1.82, 2.24) is 9.97 Å². The molecule has 2 heteroatoms. The lowest BCUT2D eigenvalue weighted by atomic mass is 9.66. The zero-order valence-corrected chi connectivity index (χ0v) is 34.7. The van der Waals surface area contributed by atoms with Crippen molar-refractivity contribution >= 4 is 10.8 Å². The van der Waals surface area contributed by atoms with E-state index in [0.29, 0.717) is 5.82 Å². The zero-order valence-electron chi connectivity index (χ0n) is 34.7. The summed E-state index contributed by atoms with van der Waals surface area (Å²) in [5.41, 5.74) is 19.5. The van der Waals surface area contributed by atoms with Crippen molar-refractivity contribution in [2.45, 2.75) is 24.7 Å². The maximum atomic E-state index is 5.44. The topological polar surface area (TPSA) is 25.8 Å². The average molecular weight is 791 g/mol. The molecule has 9 aromatic carbocycles. The molecule has 2 aliphatic rings. The van der Waals surface area contributed by atoms with Gasteiger partial charge in [-0.1, -0.05) is 214 Å². The van der Waals surface area contributed by atoms with Gasteiger partial charge in [0, 0.05) is 22.1 Å². The van der Waals surface area contributed by atoms with E-state index < -0.39 is 5.41 Å². The van der Waals surface area contributed by atoms with Crippen LogP contribution in [0.15, 0.2) is 218 Å². The van der Waals surface area contributed by atoms with Gasteiger partial charge < -0.3 is 0 Å². The number of aromatic nitrogens is 2. The highest BCUT2D eigenvalue weighted by Gasteiger charge is 2.47. The molecule has 0 saturated heterocycles. The molecule has 0 fully saturated rings. The number of hydrogen-bond acceptors (Lipinski definition) is 2. The monoisotopic (exact) mass is 790 g/mol. The maximum absolute atomic E-state index is 5.44. The SMILES string of the molecule is CC1(C)c2cc3ccccc3cc2-c2c(-c3ccc(-c4cc(-c5cccc6c5C(c5ccccc5)(c5ccccc5)c5ccccc5-6)nc(-c5ccccc5)n4)cc3)cccc21. The second-order valence-electron chi connectivity index (χ2n) is 17.3. The lowest BCUT2D eigenvalue weighted by Crippen LogP contribution is -2.29. The van der Waals surface area contributed by atoms with Crippen molar-refractivity contribution in [2.24, 2.45) is 0 Å². The Morgan fingerprint density at radius 1 is 0.339 bits per heavy atom. The molecule has 10 aromatic rings. The molecule has 2 nitrogen and oxygen atoms in total. The standard InChI is InChI=1S/C60H42N2/c1-59(2)52-31-17-27-46(56(52)50-36-42-20-12-13-21-43(42)37-53(50)59)39-32-34-40(35-33-39)54-38-55(62-58(61-54)41-18-6-3-7-19-41)49-29-16-28-48-47-26-14-15-30-51(47)60(57(48)49,44-22-8-4-9-23-44)45-24-10-5-11-25-45/h3-38H,1-2H3. The molecule has 1 aromatic heterocycles. The van der Waals surface area contributed by atoms with Gasteiger partial charge >= 0.3 is 0 Å². The quantitative estimate of drug-likeness (QED) is 0.168. The van der Waals surface area contributed by atoms with Crippen LogP contribution in [0.1, 0.15) is 47.2 Å². The van der Waals surface area contributed by atoms with Crippen LogP contribution in [0, 0.1) is 0 Å². The second kappa shape index (κ2) is 13.9. The van der Waals surface area contributed by atoms with Crippen LogP contribution < -0.4 is 0 Å². The minimum absolute atomic E-state index is 0.104. The third kappa shape index (κ3) is 5.36. The predicted octanol–water partition coefficient (Wildman–Crippen LogP) is 15.0. The first-order valence-electron chi connectivity index (χ1n) is 21.6. The summed E-state index contributed by atoms with van der Waals surface area (Å²) in [5.74, 6) is 0.701. The van der Waals surface area contributed by atoms with E-state index in [2.05, 4.69) is 226 Å². The van der Waals surface area contributed by atoms with E-state index in [9.17, 15) is 0 Å². The molecule has 292 valence electrons. The normalized spacial score (nSPS) is 13.9. The average Bonchev–Trinajstić information content (AvgIpc) is 3.77. The molecule has 0 radical (unpaired) electrons. The minimum atomic E-state index is -0.569. The summed E-state index contributed by atoms with van der Waals surface area (Å²) in [7, 11) is 0. The summed E-state index contributed by atoms with van der Waals surface area (Å²) in [6.07, 6.45) is 0. The fourth-order valence-electron chi connectivity index (χ4n) is 10.7. The fourth-order valence-corrected chi connectivity index (χ4v) is 10.7. The first-order valence-corrected chi connectivity index (χ1v) is 21.6. The van der Waals surface area contributed by atoms with Crippen LogP contribution >= 0.6 is 0 Å². The Morgan fingerprint density at radius 3 is 1.60 bits per heavy atom. The smallest absolute Gasteiger partial charge is 0.160 e. The highest BCUT2D eigenvalue weighted by atomic mass is 14.9. The molecule has 62 heavy (non-hydrogen) atoms. The Hall–Kier alpha value is -7.68. The molecule has 0 unspecified atom stereocenters. The van der Waals surface area contributed by atoms with Crippen molar-refractivity contribution in [3.63, 3.8) is 0 Å². The van der Waals surface area contributed by atoms with Gasteiger partial charge in [0.15, 0.2) is 5.82 Å². The molecule has 2 aliphatic carbocycles. The Labute approximate surface area is 362 Å². The van der Waals surface area contributed by atoms with E-state index in [-0.39, 0.29) is 5.41 Å². The van der Waals surface area contributed by atoms with Gasteiger partial charge in [-0.15, -0.1) is 0 Å². The lowest BCUT2D eigenvalue weighted by Gasteiger charge is -2.35. The van der Waals surface area contributed by atoms with E-state index in [4.69, 9.17) is 9.97 Å². The van der Waals surface area contributed by atoms with Gasteiger partial charge in [0.25, 0.3) is 0 Å². The van der Waals surface area contributed by atoms with E-state index in [1.54, 1.807) is 0 Å². The number of fused-ring (bicyclic) bond motifs is 7. The van der Waals surface area contributed by atoms with Gasteiger partial charge in [-0.2, -0.15) is 0 Å². The van der Waals surface area contributed by atoms with Gasteiger partial charge in [-0.25, -0.2) is 9.97 Å². The largest absolute Gasteiger partial charge is 0.228 e. The van der Waals surface area contributed by atoms with Crippen LogP contribution in [0.5, 0.6) is 0 Å². The highest BCUT2D eigenvalue weighted by Crippen LogP contribution is 2.59. The molecule has 0 bridgehead atoms. The van der Waals surface area contributed by atoms with Gasteiger partial charge in [0.05, 0.1) is 16.8 Å². The molecular formula is C60H42N2. The Kier molecular flexibility index (Phi) is 8.14. The van der Waals surface area contributed by atoms with Gasteiger partial charge in [-0.05, 0) is 95.7 Å². The molecular weight excluding hydrogens is 749 g/mol. The molecule has 0 N–H and O–H groups in total. The van der Waals surface area contributed by atoms with E-state index in [1.165, 1.54) is 77.5 Å². The highest BCUT2D eigenvalue weighted by molar-refractivity contribution is 5.99. The van der Waals surface area contributed by atoms with Crippen LogP contribution in [0.2, 0.25) is 0 Å². The van der Waals surface area contributed by atoms with Crippen molar-refractivity contribution in [1.29, 1.82) is 0 Å². The number of rotatable bonds is 6. The third-order valence-electron chi connectivity index (χ3n) is 13.6. The number of benzene rings is 9. The molecule has 12 rings (SSSR count). The first-order chi connectivity index (χ1) is 30.5.